The van der Waals surface area contributed by atoms with Crippen LogP contribution in [0.5, 0.6) is 0 Å². The third-order valence-electron chi connectivity index (χ3n) is 4.85. The molecule has 0 radical (unpaired) electrons. The number of carbonyl (C=O) groups excluding carboxylic acids is 1. The van der Waals surface area contributed by atoms with E-state index in [0.717, 1.165) is 28.9 Å². The van der Waals surface area contributed by atoms with E-state index in [2.05, 4.69) is 21.5 Å². The zero-order valence-corrected chi connectivity index (χ0v) is 16.7. The number of carbonyl (C=O) groups is 1. The van der Waals surface area contributed by atoms with Crippen molar-refractivity contribution in [2.75, 3.05) is 12.3 Å². The second-order valence-corrected chi connectivity index (χ2v) is 7.15. The molecule has 2 heterocycles. The minimum Gasteiger partial charge on any atom is -0.384 e. The molecule has 30 heavy (non-hydrogen) atoms. The molecule has 3 N–H and O–H groups in total. The molecule has 6 heteroatoms. The third-order valence-corrected chi connectivity index (χ3v) is 4.85. The number of nitrogen functional groups attached to an aromatic ring is 1. The number of pyridine rings is 1. The summed E-state index contributed by atoms with van der Waals surface area (Å²) in [5.41, 5.74) is 11.7. The van der Waals surface area contributed by atoms with Crippen molar-refractivity contribution in [1.82, 2.24) is 20.1 Å². The summed E-state index contributed by atoms with van der Waals surface area (Å²) < 4.78 is 1.68. The normalized spacial score (nSPS) is 10.7. The molecule has 0 unspecified atom stereocenters. The number of rotatable bonds is 6. The van der Waals surface area contributed by atoms with Crippen LogP contribution < -0.4 is 11.1 Å². The molecule has 0 aliphatic carbocycles. The van der Waals surface area contributed by atoms with E-state index >= 15 is 0 Å². The van der Waals surface area contributed by atoms with Gasteiger partial charge in [-0.05, 0) is 55.3 Å². The van der Waals surface area contributed by atoms with E-state index < -0.39 is 0 Å². The highest BCUT2D eigenvalue weighted by Crippen LogP contribution is 2.24. The molecular formula is C24H23N5O. The lowest BCUT2D eigenvalue weighted by atomic mass is 10.1. The highest BCUT2D eigenvalue weighted by molar-refractivity contribution is 5.94. The number of anilines is 1. The van der Waals surface area contributed by atoms with Crippen molar-refractivity contribution in [3.8, 4) is 16.9 Å². The smallest absolute Gasteiger partial charge is 0.251 e. The third kappa shape index (κ3) is 4.38. The molecule has 0 atom stereocenters. The molecule has 0 saturated carbocycles. The maximum absolute atomic E-state index is 12.4. The van der Waals surface area contributed by atoms with Crippen LogP contribution in [0.3, 0.4) is 0 Å². The Morgan fingerprint density at radius 1 is 1.07 bits per heavy atom. The Morgan fingerprint density at radius 2 is 1.90 bits per heavy atom. The van der Waals surface area contributed by atoms with Gasteiger partial charge >= 0.3 is 0 Å². The molecule has 0 bridgehead atoms. The molecule has 2 aromatic heterocycles. The van der Waals surface area contributed by atoms with E-state index in [1.54, 1.807) is 29.2 Å². The first-order valence-corrected chi connectivity index (χ1v) is 9.80. The fraction of sp³-hybridized carbons (Fsp3) is 0.125. The summed E-state index contributed by atoms with van der Waals surface area (Å²) in [4.78, 5) is 16.5. The number of benzene rings is 2. The van der Waals surface area contributed by atoms with Gasteiger partial charge in [0.05, 0.1) is 11.4 Å². The van der Waals surface area contributed by atoms with Gasteiger partial charge in [0, 0.05) is 36.1 Å². The Kier molecular flexibility index (Phi) is 5.57. The Morgan fingerprint density at radius 3 is 2.63 bits per heavy atom. The van der Waals surface area contributed by atoms with Crippen LogP contribution in [0.4, 0.5) is 5.82 Å². The minimum atomic E-state index is -0.112. The summed E-state index contributed by atoms with van der Waals surface area (Å²) >= 11 is 0. The van der Waals surface area contributed by atoms with Crippen molar-refractivity contribution in [3.05, 3.63) is 95.8 Å². The Balaban J connectivity index is 1.44. The lowest BCUT2D eigenvalue weighted by molar-refractivity contribution is 0.0954. The number of nitrogens with two attached hydrogens (primary N) is 1. The van der Waals surface area contributed by atoms with Gasteiger partial charge < -0.3 is 11.1 Å². The molecular weight excluding hydrogens is 374 g/mol. The second kappa shape index (κ2) is 8.61. The van der Waals surface area contributed by atoms with Crippen molar-refractivity contribution in [2.24, 2.45) is 0 Å². The molecule has 6 nitrogen and oxygen atoms in total. The number of aryl methyl sites for hydroxylation is 1. The van der Waals surface area contributed by atoms with Crippen LogP contribution in [0.2, 0.25) is 0 Å². The van der Waals surface area contributed by atoms with Crippen LogP contribution in [-0.2, 0) is 6.42 Å². The van der Waals surface area contributed by atoms with E-state index in [4.69, 9.17) is 5.73 Å². The average Bonchev–Trinajstić information content (AvgIpc) is 3.16. The monoisotopic (exact) mass is 397 g/mol. The first-order valence-electron chi connectivity index (χ1n) is 9.80. The molecule has 0 aliphatic rings. The Labute approximate surface area is 175 Å². The molecule has 2 aromatic carbocycles. The van der Waals surface area contributed by atoms with Gasteiger partial charge in [-0.2, -0.15) is 5.10 Å². The van der Waals surface area contributed by atoms with Crippen molar-refractivity contribution >= 4 is 11.7 Å². The van der Waals surface area contributed by atoms with Gasteiger partial charge in [-0.15, -0.1) is 0 Å². The molecule has 0 saturated heterocycles. The maximum Gasteiger partial charge on any atom is 0.251 e. The SMILES string of the molecule is Cc1cccc(-c2cc(N)n(-c3ccc(C(=O)NCCc4cccnc4)cc3)n2)c1. The highest BCUT2D eigenvalue weighted by atomic mass is 16.1. The quantitative estimate of drug-likeness (QED) is 0.518. The summed E-state index contributed by atoms with van der Waals surface area (Å²) in [6.45, 7) is 2.60. The fourth-order valence-electron chi connectivity index (χ4n) is 3.27. The van der Waals surface area contributed by atoms with Crippen LogP contribution in [-0.4, -0.2) is 27.2 Å². The topological polar surface area (TPSA) is 85.8 Å². The zero-order chi connectivity index (χ0) is 20.9. The number of nitrogens with one attached hydrogen (secondary N) is 1. The summed E-state index contributed by atoms with van der Waals surface area (Å²) in [6, 6.07) is 21.1. The summed E-state index contributed by atoms with van der Waals surface area (Å²) in [6.07, 6.45) is 4.28. The highest BCUT2D eigenvalue weighted by Gasteiger charge is 2.11. The van der Waals surface area contributed by atoms with Gasteiger partial charge in [-0.3, -0.25) is 9.78 Å². The van der Waals surface area contributed by atoms with Crippen LogP contribution in [0.25, 0.3) is 16.9 Å². The molecule has 0 aliphatic heterocycles. The van der Waals surface area contributed by atoms with Gasteiger partial charge in [0.25, 0.3) is 5.91 Å². The number of aromatic nitrogens is 3. The Bertz CT molecular complexity index is 1150. The molecule has 4 aromatic rings. The predicted molar refractivity (Wildman–Crippen MR) is 118 cm³/mol. The summed E-state index contributed by atoms with van der Waals surface area (Å²) in [5.74, 6) is 0.430. The van der Waals surface area contributed by atoms with Crippen molar-refractivity contribution in [1.29, 1.82) is 0 Å². The standard InChI is InChI=1S/C24H23N5O/c1-17-4-2-6-20(14-17)22-15-23(25)29(28-22)21-9-7-19(8-10-21)24(30)27-13-11-18-5-3-12-26-16-18/h2-10,12,14-16H,11,13,25H2,1H3,(H,27,30). The van der Waals surface area contributed by atoms with Gasteiger partial charge in [-0.25, -0.2) is 4.68 Å². The maximum atomic E-state index is 12.4. The van der Waals surface area contributed by atoms with Crippen molar-refractivity contribution in [2.45, 2.75) is 13.3 Å². The minimum absolute atomic E-state index is 0.112. The largest absolute Gasteiger partial charge is 0.384 e. The van der Waals surface area contributed by atoms with E-state index in [1.165, 1.54) is 5.56 Å². The predicted octanol–water partition coefficient (Wildman–Crippen LogP) is 3.80. The van der Waals surface area contributed by atoms with Crippen LogP contribution in [0.1, 0.15) is 21.5 Å². The van der Waals surface area contributed by atoms with E-state index in [1.807, 2.05) is 55.5 Å². The molecule has 0 spiro atoms. The molecule has 1 amide bonds. The Hall–Kier alpha value is -3.93. The molecule has 150 valence electrons. The van der Waals surface area contributed by atoms with Crippen LogP contribution in [0.15, 0.2) is 79.1 Å². The number of nitrogens with zero attached hydrogens (tertiary/aromatic N) is 3. The number of amides is 1. The second-order valence-electron chi connectivity index (χ2n) is 7.15. The lowest BCUT2D eigenvalue weighted by Gasteiger charge is -2.07. The van der Waals surface area contributed by atoms with Gasteiger partial charge in [0.15, 0.2) is 0 Å². The van der Waals surface area contributed by atoms with E-state index in [9.17, 15) is 4.79 Å². The fourth-order valence-corrected chi connectivity index (χ4v) is 3.27. The van der Waals surface area contributed by atoms with Crippen LogP contribution in [0, 0.1) is 6.92 Å². The average molecular weight is 397 g/mol. The first-order chi connectivity index (χ1) is 14.6. The summed E-state index contributed by atoms with van der Waals surface area (Å²) in [5, 5.41) is 7.57. The number of hydrogen-bond donors (Lipinski definition) is 2. The zero-order valence-electron chi connectivity index (χ0n) is 16.7. The molecule has 4 rings (SSSR count). The van der Waals surface area contributed by atoms with Gasteiger partial charge in [-0.1, -0.05) is 29.8 Å². The lowest BCUT2D eigenvalue weighted by Crippen LogP contribution is -2.25. The van der Waals surface area contributed by atoms with Crippen molar-refractivity contribution in [3.63, 3.8) is 0 Å². The van der Waals surface area contributed by atoms with Crippen molar-refractivity contribution < 1.29 is 4.79 Å². The first kappa shape index (κ1) is 19.4. The van der Waals surface area contributed by atoms with E-state index in [0.29, 0.717) is 17.9 Å². The van der Waals surface area contributed by atoms with E-state index in [-0.39, 0.29) is 5.91 Å². The van der Waals surface area contributed by atoms with Gasteiger partial charge in [0.1, 0.15) is 5.82 Å². The van der Waals surface area contributed by atoms with Crippen LogP contribution >= 0.6 is 0 Å². The molecule has 0 fully saturated rings. The summed E-state index contributed by atoms with van der Waals surface area (Å²) in [7, 11) is 0. The number of hydrogen-bond acceptors (Lipinski definition) is 4. The van der Waals surface area contributed by atoms with Gasteiger partial charge in [0.2, 0.25) is 0 Å².